The highest BCUT2D eigenvalue weighted by molar-refractivity contribution is 5.94. The van der Waals surface area contributed by atoms with Crippen molar-refractivity contribution in [2.45, 2.75) is 13.1 Å². The maximum absolute atomic E-state index is 13.3. The Bertz CT molecular complexity index is 1380. The zero-order valence-corrected chi connectivity index (χ0v) is 23.1. The summed E-state index contributed by atoms with van der Waals surface area (Å²) in [6.45, 7) is 3.52. The average Bonchev–Trinajstić information content (AvgIpc) is 3.02. The van der Waals surface area contributed by atoms with Crippen molar-refractivity contribution in [2.75, 3.05) is 55.5 Å². The minimum Gasteiger partial charge on any atom is -0.378 e. The number of carbonyl (C=O) groups is 1. The van der Waals surface area contributed by atoms with Crippen LogP contribution in [-0.2, 0) is 22.6 Å². The van der Waals surface area contributed by atoms with Crippen molar-refractivity contribution in [1.29, 1.82) is 0 Å². The summed E-state index contributed by atoms with van der Waals surface area (Å²) in [6.07, 6.45) is 3.43. The Kier molecular flexibility index (Phi) is 11.9. The zero-order valence-electron chi connectivity index (χ0n) is 23.1. The molecule has 2 aromatic carbocycles. The number of ether oxygens (including phenoxy) is 2. The van der Waals surface area contributed by atoms with E-state index in [4.69, 9.17) is 15.2 Å². The van der Waals surface area contributed by atoms with Crippen LogP contribution in [0.25, 0.3) is 0 Å². The molecule has 0 radical (unpaired) electrons. The lowest BCUT2D eigenvalue weighted by molar-refractivity contribution is 0.0511. The number of rotatable bonds is 17. The SMILES string of the molecule is NCCOCCOCCNC(=O)c1ccc(Nc2nc(NCc3ccncc3)nc(NCc3ccc(F)cc3)n2)cc1. The van der Waals surface area contributed by atoms with Gasteiger partial charge < -0.3 is 36.5 Å². The Balaban J connectivity index is 1.35. The molecule has 12 nitrogen and oxygen atoms in total. The molecule has 4 aromatic rings. The van der Waals surface area contributed by atoms with Gasteiger partial charge in [0.1, 0.15) is 5.82 Å². The Morgan fingerprint density at radius 3 is 1.98 bits per heavy atom. The summed E-state index contributed by atoms with van der Waals surface area (Å²) >= 11 is 0. The Labute approximate surface area is 243 Å². The number of nitrogens with zero attached hydrogens (tertiary/aromatic N) is 4. The number of nitrogens with one attached hydrogen (secondary N) is 4. The van der Waals surface area contributed by atoms with Crippen LogP contribution >= 0.6 is 0 Å². The number of pyridine rings is 1. The quantitative estimate of drug-likeness (QED) is 0.118. The molecule has 0 unspecified atom stereocenters. The van der Waals surface area contributed by atoms with Gasteiger partial charge >= 0.3 is 0 Å². The highest BCUT2D eigenvalue weighted by Crippen LogP contribution is 2.18. The van der Waals surface area contributed by atoms with Gasteiger partial charge in [0.15, 0.2) is 0 Å². The fourth-order valence-electron chi connectivity index (χ4n) is 3.63. The molecule has 0 bridgehead atoms. The largest absolute Gasteiger partial charge is 0.378 e. The predicted octanol–water partition coefficient (Wildman–Crippen LogP) is 3.10. The fraction of sp³-hybridized carbons (Fsp3) is 0.276. The summed E-state index contributed by atoms with van der Waals surface area (Å²) in [4.78, 5) is 29.9. The number of hydrogen-bond acceptors (Lipinski definition) is 11. The molecular weight excluding hydrogens is 541 g/mol. The molecule has 42 heavy (non-hydrogen) atoms. The van der Waals surface area contributed by atoms with Gasteiger partial charge in [-0.3, -0.25) is 9.78 Å². The first-order chi connectivity index (χ1) is 20.6. The van der Waals surface area contributed by atoms with Crippen molar-refractivity contribution in [2.24, 2.45) is 5.73 Å². The summed E-state index contributed by atoms with van der Waals surface area (Å²) in [5, 5.41) is 12.4. The molecule has 0 saturated heterocycles. The molecule has 0 aliphatic carbocycles. The topological polar surface area (TPSA) is 161 Å². The van der Waals surface area contributed by atoms with Gasteiger partial charge in [0.25, 0.3) is 5.91 Å². The molecule has 0 fully saturated rings. The number of hydrogen-bond donors (Lipinski definition) is 5. The van der Waals surface area contributed by atoms with E-state index in [1.807, 2.05) is 12.1 Å². The number of aromatic nitrogens is 4. The molecule has 4 rings (SSSR count). The van der Waals surface area contributed by atoms with E-state index in [1.165, 1.54) is 12.1 Å². The molecule has 0 aliphatic heterocycles. The molecule has 0 spiro atoms. The van der Waals surface area contributed by atoms with Crippen LogP contribution in [0, 0.1) is 5.82 Å². The van der Waals surface area contributed by atoms with E-state index in [0.29, 0.717) is 81.7 Å². The Hall–Kier alpha value is -4.72. The van der Waals surface area contributed by atoms with Gasteiger partial charge in [0.2, 0.25) is 17.8 Å². The first-order valence-corrected chi connectivity index (χ1v) is 13.5. The van der Waals surface area contributed by atoms with Crippen LogP contribution in [0.15, 0.2) is 73.1 Å². The summed E-state index contributed by atoms with van der Waals surface area (Å²) in [6, 6.07) is 16.9. The lowest BCUT2D eigenvalue weighted by Gasteiger charge is -2.12. The second kappa shape index (κ2) is 16.5. The van der Waals surface area contributed by atoms with Crippen molar-refractivity contribution in [3.05, 3.63) is 95.6 Å². The van der Waals surface area contributed by atoms with Gasteiger partial charge in [-0.15, -0.1) is 0 Å². The van der Waals surface area contributed by atoms with Crippen molar-refractivity contribution < 1.29 is 18.7 Å². The minimum absolute atomic E-state index is 0.209. The molecule has 0 aliphatic rings. The zero-order chi connectivity index (χ0) is 29.4. The summed E-state index contributed by atoms with van der Waals surface area (Å²) in [5.41, 5.74) is 8.43. The lowest BCUT2D eigenvalue weighted by atomic mass is 10.2. The van der Waals surface area contributed by atoms with E-state index in [9.17, 15) is 9.18 Å². The van der Waals surface area contributed by atoms with Gasteiger partial charge in [0, 0.05) is 49.8 Å². The third kappa shape index (κ3) is 10.4. The van der Waals surface area contributed by atoms with Gasteiger partial charge in [-0.05, 0) is 59.7 Å². The maximum Gasteiger partial charge on any atom is 0.251 e. The van der Waals surface area contributed by atoms with E-state index >= 15 is 0 Å². The molecule has 2 aromatic heterocycles. The van der Waals surface area contributed by atoms with Crippen LogP contribution in [0.3, 0.4) is 0 Å². The Morgan fingerprint density at radius 1 is 0.738 bits per heavy atom. The number of anilines is 4. The maximum atomic E-state index is 13.3. The summed E-state index contributed by atoms with van der Waals surface area (Å²) in [5.74, 6) is 0.479. The van der Waals surface area contributed by atoms with Gasteiger partial charge in [0.05, 0.1) is 26.4 Å². The number of amides is 1. The lowest BCUT2D eigenvalue weighted by Crippen LogP contribution is -2.27. The first kappa shape index (κ1) is 30.2. The average molecular weight is 576 g/mol. The third-order valence-electron chi connectivity index (χ3n) is 5.77. The van der Waals surface area contributed by atoms with Gasteiger partial charge in [-0.2, -0.15) is 15.0 Å². The second-order valence-electron chi connectivity index (χ2n) is 8.97. The molecule has 220 valence electrons. The van der Waals surface area contributed by atoms with E-state index in [1.54, 1.807) is 48.8 Å². The molecule has 0 atom stereocenters. The van der Waals surface area contributed by atoms with Crippen LogP contribution in [0.1, 0.15) is 21.5 Å². The Morgan fingerprint density at radius 2 is 1.33 bits per heavy atom. The highest BCUT2D eigenvalue weighted by Gasteiger charge is 2.09. The van der Waals surface area contributed by atoms with E-state index in [-0.39, 0.29) is 11.7 Å². The molecule has 13 heteroatoms. The first-order valence-electron chi connectivity index (χ1n) is 13.5. The second-order valence-corrected chi connectivity index (χ2v) is 8.97. The van der Waals surface area contributed by atoms with Crippen LogP contribution in [-0.4, -0.2) is 65.4 Å². The number of halogens is 1. The highest BCUT2D eigenvalue weighted by atomic mass is 19.1. The fourth-order valence-corrected chi connectivity index (χ4v) is 3.63. The van der Waals surface area contributed by atoms with Crippen LogP contribution in [0.5, 0.6) is 0 Å². The monoisotopic (exact) mass is 575 g/mol. The summed E-state index contributed by atoms with van der Waals surface area (Å²) < 4.78 is 23.9. The van der Waals surface area contributed by atoms with Crippen LogP contribution < -0.4 is 27.0 Å². The van der Waals surface area contributed by atoms with Gasteiger partial charge in [-0.25, -0.2) is 4.39 Å². The minimum atomic E-state index is -0.300. The predicted molar refractivity (Wildman–Crippen MR) is 158 cm³/mol. The smallest absolute Gasteiger partial charge is 0.251 e. The number of carbonyl (C=O) groups excluding carboxylic acids is 1. The van der Waals surface area contributed by atoms with Crippen LogP contribution in [0.4, 0.5) is 27.9 Å². The number of nitrogens with two attached hydrogens (primary N) is 1. The van der Waals surface area contributed by atoms with Gasteiger partial charge in [-0.1, -0.05) is 12.1 Å². The third-order valence-corrected chi connectivity index (χ3v) is 5.77. The molecular formula is C29H34FN9O3. The van der Waals surface area contributed by atoms with E-state index in [2.05, 4.69) is 41.2 Å². The molecule has 0 saturated carbocycles. The van der Waals surface area contributed by atoms with Crippen molar-refractivity contribution in [3.63, 3.8) is 0 Å². The van der Waals surface area contributed by atoms with E-state index < -0.39 is 0 Å². The standard InChI is InChI=1S/C29H34FN9O3/c30-24-5-1-21(2-6-24)19-34-27-37-28(35-20-22-9-12-32-13-10-22)39-29(38-27)36-25-7-3-23(4-8-25)26(40)33-14-16-42-18-17-41-15-11-31/h1-10,12-13H,11,14-20,31H2,(H,33,40)(H3,34,35,36,37,38,39). The molecule has 2 heterocycles. The van der Waals surface area contributed by atoms with Crippen molar-refractivity contribution in [3.8, 4) is 0 Å². The molecule has 1 amide bonds. The normalized spacial score (nSPS) is 10.7. The number of benzene rings is 2. The molecule has 6 N–H and O–H groups in total. The van der Waals surface area contributed by atoms with Crippen molar-refractivity contribution >= 4 is 29.4 Å². The van der Waals surface area contributed by atoms with Crippen molar-refractivity contribution in [1.82, 2.24) is 25.3 Å². The van der Waals surface area contributed by atoms with Crippen LogP contribution in [0.2, 0.25) is 0 Å². The summed E-state index contributed by atoms with van der Waals surface area (Å²) in [7, 11) is 0. The van der Waals surface area contributed by atoms with E-state index in [0.717, 1.165) is 11.1 Å².